The van der Waals surface area contributed by atoms with E-state index in [-0.39, 0.29) is 0 Å². The van der Waals surface area contributed by atoms with Gasteiger partial charge >= 0.3 is 5.92 Å². The van der Waals surface area contributed by atoms with Crippen molar-refractivity contribution in [1.29, 1.82) is 0 Å². The monoisotopic (exact) mass is 183 g/mol. The molecule has 1 N–H and O–H groups in total. The molecule has 0 radical (unpaired) electrons. The minimum atomic E-state index is -3.27. The van der Waals surface area contributed by atoms with Gasteiger partial charge in [-0.2, -0.15) is 21.4 Å². The Morgan fingerprint density at radius 2 is 2.18 bits per heavy atom. The molecule has 1 unspecified atom stereocenters. The predicted molar refractivity (Wildman–Crippen MR) is 41.8 cm³/mol. The molecule has 0 bridgehead atoms. The summed E-state index contributed by atoms with van der Waals surface area (Å²) >= 11 is 3.74. The van der Waals surface area contributed by atoms with Crippen LogP contribution in [0.15, 0.2) is 0 Å². The maximum Gasteiger partial charge on any atom is 0.324 e. The van der Waals surface area contributed by atoms with Crippen LogP contribution < -0.4 is 5.32 Å². The number of amides is 1. The second kappa shape index (κ2) is 3.90. The normalized spacial score (nSPS) is 14.3. The zero-order chi connectivity index (χ0) is 9.07. The predicted octanol–water partition coefficient (Wildman–Crippen LogP) is 1.42. The summed E-state index contributed by atoms with van der Waals surface area (Å²) in [5.41, 5.74) is 0. The molecule has 0 aliphatic carbocycles. The molecule has 0 aromatic carbocycles. The molecule has 66 valence electrons. The van der Waals surface area contributed by atoms with Gasteiger partial charge in [0.2, 0.25) is 0 Å². The Balaban J connectivity index is 4.02. The molecule has 0 rings (SSSR count). The number of nitrogens with one attached hydrogen (secondary N) is 1. The van der Waals surface area contributed by atoms with E-state index in [0.717, 1.165) is 0 Å². The molecule has 5 heteroatoms. The fraction of sp³-hybridized carbons (Fsp3) is 0.833. The number of carbonyl (C=O) groups is 1. The average Bonchev–Trinajstić information content (AvgIpc) is 1.86. The first kappa shape index (κ1) is 10.7. The fourth-order valence-corrected chi connectivity index (χ4v) is 0.573. The molecule has 0 spiro atoms. The molecule has 0 saturated carbocycles. The van der Waals surface area contributed by atoms with Crippen LogP contribution in [0, 0.1) is 0 Å². The van der Waals surface area contributed by atoms with Gasteiger partial charge in [0, 0.05) is 6.42 Å². The summed E-state index contributed by atoms with van der Waals surface area (Å²) in [6.45, 7) is 2.76. The number of hydrogen-bond acceptors (Lipinski definition) is 2. The van der Waals surface area contributed by atoms with E-state index in [1.165, 1.54) is 13.8 Å². The lowest BCUT2D eigenvalue weighted by molar-refractivity contribution is -0.145. The topological polar surface area (TPSA) is 29.1 Å². The minimum Gasteiger partial charge on any atom is -0.340 e. The Hall–Kier alpha value is -0.320. The molecule has 0 saturated heterocycles. The summed E-state index contributed by atoms with van der Waals surface area (Å²) < 4.78 is 24.9. The van der Waals surface area contributed by atoms with Crippen molar-refractivity contribution < 1.29 is 13.6 Å². The number of thiol groups is 1. The molecule has 0 aliphatic rings. The van der Waals surface area contributed by atoms with E-state index in [1.54, 1.807) is 0 Å². The first-order valence-corrected chi connectivity index (χ1v) is 3.78. The van der Waals surface area contributed by atoms with Gasteiger partial charge in [0.05, 0.1) is 5.37 Å². The lowest BCUT2D eigenvalue weighted by Crippen LogP contribution is -2.42. The quantitative estimate of drug-likeness (QED) is 0.503. The van der Waals surface area contributed by atoms with Crippen LogP contribution in [0.1, 0.15) is 20.3 Å². The standard InChI is InChI=1S/C6H11F2NOS/c1-3-6(7,8)5(10)9-4(2)11/h4,11H,3H2,1-2H3,(H,9,10). The van der Waals surface area contributed by atoms with E-state index in [1.807, 2.05) is 5.32 Å². The van der Waals surface area contributed by atoms with Crippen molar-refractivity contribution in [1.82, 2.24) is 5.32 Å². The van der Waals surface area contributed by atoms with E-state index >= 15 is 0 Å². The smallest absolute Gasteiger partial charge is 0.324 e. The van der Waals surface area contributed by atoms with Crippen LogP contribution in [0.25, 0.3) is 0 Å². The highest BCUT2D eigenvalue weighted by Gasteiger charge is 2.36. The van der Waals surface area contributed by atoms with Crippen molar-refractivity contribution >= 4 is 18.5 Å². The Morgan fingerprint density at radius 1 is 1.73 bits per heavy atom. The van der Waals surface area contributed by atoms with E-state index in [0.29, 0.717) is 0 Å². The van der Waals surface area contributed by atoms with Crippen LogP contribution in [0.4, 0.5) is 8.78 Å². The summed E-state index contributed by atoms with van der Waals surface area (Å²) in [5, 5.41) is 1.47. The number of rotatable bonds is 3. The van der Waals surface area contributed by atoms with E-state index in [2.05, 4.69) is 12.6 Å². The lowest BCUT2D eigenvalue weighted by Gasteiger charge is -2.15. The van der Waals surface area contributed by atoms with Crippen LogP contribution in [0.5, 0.6) is 0 Å². The molecule has 0 aromatic rings. The van der Waals surface area contributed by atoms with Crippen molar-refractivity contribution in [3.63, 3.8) is 0 Å². The third-order valence-corrected chi connectivity index (χ3v) is 1.25. The Kier molecular flexibility index (Phi) is 3.78. The van der Waals surface area contributed by atoms with Crippen LogP contribution >= 0.6 is 12.6 Å². The Bertz CT molecular complexity index is 150. The number of carbonyl (C=O) groups excluding carboxylic acids is 1. The van der Waals surface area contributed by atoms with Crippen molar-refractivity contribution in [2.75, 3.05) is 0 Å². The van der Waals surface area contributed by atoms with Crippen LogP contribution in [-0.2, 0) is 4.79 Å². The molecular weight excluding hydrogens is 172 g/mol. The number of halogens is 2. The second-order valence-electron chi connectivity index (χ2n) is 2.21. The third-order valence-electron chi connectivity index (χ3n) is 1.12. The fourth-order valence-electron chi connectivity index (χ4n) is 0.456. The molecule has 1 atom stereocenters. The van der Waals surface area contributed by atoms with Crippen molar-refractivity contribution in [3.8, 4) is 0 Å². The van der Waals surface area contributed by atoms with Gasteiger partial charge in [-0.25, -0.2) is 0 Å². The minimum absolute atomic E-state index is 0.487. The summed E-state index contributed by atoms with van der Waals surface area (Å²) in [6, 6.07) is 0. The highest BCUT2D eigenvalue weighted by atomic mass is 32.1. The van der Waals surface area contributed by atoms with Crippen LogP contribution in [0.2, 0.25) is 0 Å². The lowest BCUT2D eigenvalue weighted by atomic mass is 10.2. The maximum atomic E-state index is 12.5. The average molecular weight is 183 g/mol. The zero-order valence-electron chi connectivity index (χ0n) is 6.40. The Labute approximate surface area is 69.8 Å². The van der Waals surface area contributed by atoms with Crippen LogP contribution in [0.3, 0.4) is 0 Å². The highest BCUT2D eigenvalue weighted by Crippen LogP contribution is 2.17. The van der Waals surface area contributed by atoms with Gasteiger partial charge < -0.3 is 5.32 Å². The molecule has 0 fully saturated rings. The molecule has 0 aliphatic heterocycles. The van der Waals surface area contributed by atoms with E-state index in [9.17, 15) is 13.6 Å². The number of hydrogen-bond donors (Lipinski definition) is 2. The van der Waals surface area contributed by atoms with Gasteiger partial charge in [-0.3, -0.25) is 4.79 Å². The molecular formula is C6H11F2NOS. The second-order valence-corrected chi connectivity index (χ2v) is 2.98. The zero-order valence-corrected chi connectivity index (χ0v) is 7.29. The SMILES string of the molecule is CCC(F)(F)C(=O)NC(C)S. The van der Waals surface area contributed by atoms with Gasteiger partial charge in [-0.05, 0) is 6.92 Å². The maximum absolute atomic E-state index is 12.5. The van der Waals surface area contributed by atoms with Crippen molar-refractivity contribution in [2.45, 2.75) is 31.6 Å². The molecule has 2 nitrogen and oxygen atoms in total. The summed E-state index contributed by atoms with van der Waals surface area (Å²) in [4.78, 5) is 10.6. The molecule has 1 amide bonds. The van der Waals surface area contributed by atoms with Crippen molar-refractivity contribution in [3.05, 3.63) is 0 Å². The van der Waals surface area contributed by atoms with Gasteiger partial charge in [-0.1, -0.05) is 6.92 Å². The van der Waals surface area contributed by atoms with Gasteiger partial charge in [0.1, 0.15) is 0 Å². The Morgan fingerprint density at radius 3 is 2.45 bits per heavy atom. The van der Waals surface area contributed by atoms with E-state index in [4.69, 9.17) is 0 Å². The van der Waals surface area contributed by atoms with Crippen molar-refractivity contribution in [2.24, 2.45) is 0 Å². The van der Waals surface area contributed by atoms with Gasteiger partial charge in [0.25, 0.3) is 5.91 Å². The van der Waals surface area contributed by atoms with E-state index < -0.39 is 23.6 Å². The largest absolute Gasteiger partial charge is 0.340 e. The summed E-state index contributed by atoms with van der Waals surface area (Å²) in [7, 11) is 0. The van der Waals surface area contributed by atoms with Gasteiger partial charge in [-0.15, -0.1) is 0 Å². The van der Waals surface area contributed by atoms with Crippen LogP contribution in [-0.4, -0.2) is 17.2 Å². The molecule has 0 aromatic heterocycles. The third kappa shape index (κ3) is 3.55. The van der Waals surface area contributed by atoms with Gasteiger partial charge in [0.15, 0.2) is 0 Å². The summed E-state index contributed by atoms with van der Waals surface area (Å²) in [5.74, 6) is -4.53. The number of alkyl halides is 2. The first-order valence-electron chi connectivity index (χ1n) is 3.27. The molecule has 0 heterocycles. The summed E-state index contributed by atoms with van der Waals surface area (Å²) in [6.07, 6.45) is -0.487. The first-order chi connectivity index (χ1) is 4.90. The highest BCUT2D eigenvalue weighted by molar-refractivity contribution is 7.80. The molecule has 11 heavy (non-hydrogen) atoms.